The fourth-order valence-corrected chi connectivity index (χ4v) is 0.438. The average Bonchev–Trinajstić information content (AvgIpc) is 1.69. The quantitative estimate of drug-likeness (QED) is 0.471. The minimum Gasteiger partial charge on any atom is -0.307 e. The summed E-state index contributed by atoms with van der Waals surface area (Å²) in [6.45, 7) is 0. The van der Waals surface area contributed by atoms with Gasteiger partial charge in [0, 0.05) is 19.4 Å². The molecule has 0 unspecified atom stereocenters. The molecule has 0 aromatic carbocycles. The summed E-state index contributed by atoms with van der Waals surface area (Å²) in [6, 6.07) is 0. The predicted molar refractivity (Wildman–Crippen MR) is 29.2 cm³/mol. The van der Waals surface area contributed by atoms with E-state index in [2.05, 4.69) is 5.43 Å². The number of nitrogens with one attached hydrogen (secondary N) is 1. The topological polar surface area (TPSA) is 15.3 Å². The van der Waals surface area contributed by atoms with E-state index in [1.54, 1.807) is 0 Å². The Hall–Kier alpha value is -0.920. The molecule has 1 aliphatic heterocycles. The van der Waals surface area contributed by atoms with Gasteiger partial charge < -0.3 is 5.43 Å². The number of rotatable bonds is 0. The lowest BCUT2D eigenvalue weighted by atomic mass is 10.5. The van der Waals surface area contributed by atoms with E-state index >= 15 is 0 Å². The Labute approximate surface area is 43.1 Å². The van der Waals surface area contributed by atoms with Gasteiger partial charge in [-0.25, -0.2) is 0 Å². The largest absolute Gasteiger partial charge is 0.307 e. The van der Waals surface area contributed by atoms with Crippen molar-refractivity contribution < 1.29 is 0 Å². The molecule has 0 spiro atoms. The van der Waals surface area contributed by atoms with Crippen LogP contribution < -0.4 is 5.43 Å². The summed E-state index contributed by atoms with van der Waals surface area (Å²) < 4.78 is 0. The molecule has 0 fully saturated rings. The minimum absolute atomic E-state index is 1.88. The van der Waals surface area contributed by atoms with Gasteiger partial charge in [0.2, 0.25) is 0 Å². The van der Waals surface area contributed by atoms with Crippen molar-refractivity contribution >= 4 is 0 Å². The fourth-order valence-electron chi connectivity index (χ4n) is 0.438. The Morgan fingerprint density at radius 1 is 1.43 bits per heavy atom. The number of nitrogens with zero attached hydrogens (tertiary/aromatic N) is 1. The van der Waals surface area contributed by atoms with Crippen molar-refractivity contribution in [2.75, 3.05) is 7.05 Å². The lowest BCUT2D eigenvalue weighted by Gasteiger charge is -2.14. The zero-order valence-electron chi connectivity index (χ0n) is 4.26. The molecule has 0 aliphatic carbocycles. The van der Waals surface area contributed by atoms with Gasteiger partial charge in [0.15, 0.2) is 0 Å². The van der Waals surface area contributed by atoms with Crippen molar-refractivity contribution in [3.05, 3.63) is 24.6 Å². The molecule has 0 atom stereocenters. The highest BCUT2D eigenvalue weighted by Gasteiger charge is 1.83. The van der Waals surface area contributed by atoms with Crippen molar-refractivity contribution in [3.63, 3.8) is 0 Å². The average molecular weight is 96.1 g/mol. The summed E-state index contributed by atoms with van der Waals surface area (Å²) in [5, 5.41) is 1.88. The lowest BCUT2D eigenvalue weighted by Crippen LogP contribution is -2.25. The van der Waals surface area contributed by atoms with E-state index in [-0.39, 0.29) is 0 Å². The second-order valence-electron chi connectivity index (χ2n) is 1.44. The number of hydrogen-bond donors (Lipinski definition) is 1. The van der Waals surface area contributed by atoms with E-state index in [1.807, 2.05) is 36.6 Å². The molecule has 1 rings (SSSR count). The van der Waals surface area contributed by atoms with Gasteiger partial charge in [0.05, 0.1) is 0 Å². The highest BCUT2D eigenvalue weighted by Crippen LogP contribution is 1.85. The van der Waals surface area contributed by atoms with Gasteiger partial charge in [-0.3, -0.25) is 5.01 Å². The summed E-state index contributed by atoms with van der Waals surface area (Å²) in [7, 11) is 1.94. The maximum atomic E-state index is 2.95. The summed E-state index contributed by atoms with van der Waals surface area (Å²) in [6.07, 6.45) is 7.73. The predicted octanol–water partition coefficient (Wildman–Crippen LogP) is 0.464. The van der Waals surface area contributed by atoms with E-state index in [9.17, 15) is 0 Å². The summed E-state index contributed by atoms with van der Waals surface area (Å²) in [5.41, 5.74) is 2.95. The van der Waals surface area contributed by atoms with Crippen molar-refractivity contribution in [2.45, 2.75) is 0 Å². The van der Waals surface area contributed by atoms with Gasteiger partial charge in [-0.15, -0.1) is 0 Å². The lowest BCUT2D eigenvalue weighted by molar-refractivity contribution is 0.382. The Morgan fingerprint density at radius 3 is 2.57 bits per heavy atom. The van der Waals surface area contributed by atoms with Crippen molar-refractivity contribution in [1.82, 2.24) is 10.4 Å². The summed E-state index contributed by atoms with van der Waals surface area (Å²) in [5.74, 6) is 0. The third-order valence-electron chi connectivity index (χ3n) is 0.795. The molecule has 1 N–H and O–H groups in total. The molecule has 7 heavy (non-hydrogen) atoms. The monoisotopic (exact) mass is 96.1 g/mol. The zero-order valence-corrected chi connectivity index (χ0v) is 4.26. The minimum atomic E-state index is 1.88. The van der Waals surface area contributed by atoms with E-state index in [1.165, 1.54) is 0 Å². The smallest absolute Gasteiger partial charge is 0.0274 e. The Morgan fingerprint density at radius 2 is 2.29 bits per heavy atom. The van der Waals surface area contributed by atoms with Crippen molar-refractivity contribution in [3.8, 4) is 0 Å². The SMILES string of the molecule is CN1C=CC=CN1. The maximum Gasteiger partial charge on any atom is 0.0274 e. The first-order valence-corrected chi connectivity index (χ1v) is 2.22. The molecule has 0 bridgehead atoms. The Balaban J connectivity index is 2.49. The standard InChI is InChI=1S/C5H8N2/c1-7-5-3-2-4-6-7/h2-6H,1H3. The first-order chi connectivity index (χ1) is 3.39. The van der Waals surface area contributed by atoms with Crippen LogP contribution in [0.15, 0.2) is 24.6 Å². The molecule has 0 aromatic rings. The molecule has 0 amide bonds. The van der Waals surface area contributed by atoms with Gasteiger partial charge in [-0.1, -0.05) is 0 Å². The second-order valence-corrected chi connectivity index (χ2v) is 1.44. The molecule has 1 heterocycles. The number of allylic oxidation sites excluding steroid dienone is 2. The Kier molecular flexibility index (Phi) is 1.02. The van der Waals surface area contributed by atoms with Crippen LogP contribution in [0.2, 0.25) is 0 Å². The van der Waals surface area contributed by atoms with Crippen LogP contribution >= 0.6 is 0 Å². The van der Waals surface area contributed by atoms with Crippen LogP contribution in [0.25, 0.3) is 0 Å². The molecule has 38 valence electrons. The summed E-state index contributed by atoms with van der Waals surface area (Å²) in [4.78, 5) is 0. The van der Waals surface area contributed by atoms with E-state index in [0.717, 1.165) is 0 Å². The molecule has 2 nitrogen and oxygen atoms in total. The highest BCUT2D eigenvalue weighted by molar-refractivity contribution is 5.03. The third-order valence-corrected chi connectivity index (χ3v) is 0.795. The fraction of sp³-hybridized carbons (Fsp3) is 0.200. The maximum absolute atomic E-state index is 2.95. The van der Waals surface area contributed by atoms with Gasteiger partial charge in [-0.05, 0) is 12.2 Å². The highest BCUT2D eigenvalue weighted by atomic mass is 15.5. The van der Waals surface area contributed by atoms with Crippen LogP contribution in [0.3, 0.4) is 0 Å². The van der Waals surface area contributed by atoms with Crippen LogP contribution in [-0.2, 0) is 0 Å². The molecule has 1 aliphatic rings. The molecule has 0 radical (unpaired) electrons. The molecule has 0 saturated carbocycles. The van der Waals surface area contributed by atoms with Crippen LogP contribution in [0.4, 0.5) is 0 Å². The first kappa shape index (κ1) is 4.24. The molecular weight excluding hydrogens is 88.1 g/mol. The number of hydrogen-bond acceptors (Lipinski definition) is 2. The first-order valence-electron chi connectivity index (χ1n) is 2.22. The van der Waals surface area contributed by atoms with Gasteiger partial charge in [-0.2, -0.15) is 0 Å². The van der Waals surface area contributed by atoms with Crippen molar-refractivity contribution in [2.24, 2.45) is 0 Å². The normalized spacial score (nSPS) is 17.0. The van der Waals surface area contributed by atoms with Crippen LogP contribution in [0.1, 0.15) is 0 Å². The Bertz CT molecular complexity index is 105. The van der Waals surface area contributed by atoms with E-state index in [0.29, 0.717) is 0 Å². The van der Waals surface area contributed by atoms with E-state index in [4.69, 9.17) is 0 Å². The molecule has 0 aromatic heterocycles. The van der Waals surface area contributed by atoms with Gasteiger partial charge >= 0.3 is 0 Å². The molecule has 0 saturated heterocycles. The van der Waals surface area contributed by atoms with Gasteiger partial charge in [0.1, 0.15) is 0 Å². The van der Waals surface area contributed by atoms with Gasteiger partial charge in [0.25, 0.3) is 0 Å². The van der Waals surface area contributed by atoms with Crippen LogP contribution in [0.5, 0.6) is 0 Å². The number of hydrazine groups is 1. The summed E-state index contributed by atoms with van der Waals surface area (Å²) >= 11 is 0. The van der Waals surface area contributed by atoms with Crippen molar-refractivity contribution in [1.29, 1.82) is 0 Å². The molecule has 2 heteroatoms. The van der Waals surface area contributed by atoms with Crippen LogP contribution in [-0.4, -0.2) is 12.1 Å². The van der Waals surface area contributed by atoms with Crippen LogP contribution in [0, 0.1) is 0 Å². The third kappa shape index (κ3) is 0.961. The van der Waals surface area contributed by atoms with E-state index < -0.39 is 0 Å². The second kappa shape index (κ2) is 1.69. The molecular formula is C5H8N2. The zero-order chi connectivity index (χ0) is 5.11.